The summed E-state index contributed by atoms with van der Waals surface area (Å²) < 4.78 is 13.1. The van der Waals surface area contributed by atoms with Gasteiger partial charge in [-0.3, -0.25) is 9.59 Å². The van der Waals surface area contributed by atoms with Crippen LogP contribution in [0.25, 0.3) is 0 Å². The van der Waals surface area contributed by atoms with Gasteiger partial charge in [-0.15, -0.1) is 0 Å². The molecule has 3 N–H and O–H groups in total. The third kappa shape index (κ3) is 6.95. The summed E-state index contributed by atoms with van der Waals surface area (Å²) in [4.78, 5) is 26.6. The third-order valence-corrected chi connectivity index (χ3v) is 5.29. The smallest absolute Gasteiger partial charge is 0.251 e. The van der Waals surface area contributed by atoms with Gasteiger partial charge in [0.2, 0.25) is 5.91 Å². The van der Waals surface area contributed by atoms with Crippen LogP contribution < -0.4 is 15.5 Å². The number of hydrogen-bond donors (Lipinski definition) is 3. The number of carbonyl (C=O) groups excluding carboxylic acids is 2. The van der Waals surface area contributed by atoms with Crippen LogP contribution in [0.5, 0.6) is 0 Å². The molecule has 0 aliphatic carbocycles. The first-order chi connectivity index (χ1) is 14.3. The van der Waals surface area contributed by atoms with Crippen molar-refractivity contribution in [2.45, 2.75) is 46.8 Å². The second-order valence-electron chi connectivity index (χ2n) is 7.87. The van der Waals surface area contributed by atoms with E-state index in [0.29, 0.717) is 12.1 Å². The van der Waals surface area contributed by atoms with Gasteiger partial charge in [0.25, 0.3) is 5.91 Å². The Kier molecular flexibility index (Phi) is 8.99. The first-order valence-electron chi connectivity index (χ1n) is 10.6. The molecular formula is C24H33FN3O2+. The molecule has 162 valence electrons. The van der Waals surface area contributed by atoms with Gasteiger partial charge in [0, 0.05) is 17.7 Å². The van der Waals surface area contributed by atoms with Crippen LogP contribution in [0.3, 0.4) is 0 Å². The van der Waals surface area contributed by atoms with Crippen molar-refractivity contribution in [1.82, 2.24) is 10.6 Å². The SMILES string of the molecule is CC[NH+](CC)Cc1ccc(CNC(=O)[C@@H](NC(=O)c2ccc(F)cc2)C(C)C)cc1. The largest absolute Gasteiger partial charge is 0.350 e. The second-order valence-corrected chi connectivity index (χ2v) is 7.87. The zero-order chi connectivity index (χ0) is 22.1. The van der Waals surface area contributed by atoms with Gasteiger partial charge in [0.1, 0.15) is 18.4 Å². The van der Waals surface area contributed by atoms with E-state index in [1.54, 1.807) is 0 Å². The molecule has 0 saturated carbocycles. The fourth-order valence-corrected chi connectivity index (χ4v) is 3.22. The molecule has 2 amide bonds. The van der Waals surface area contributed by atoms with E-state index >= 15 is 0 Å². The normalized spacial score (nSPS) is 12.1. The maximum absolute atomic E-state index is 13.1. The number of amides is 2. The Bertz CT molecular complexity index is 815. The summed E-state index contributed by atoms with van der Waals surface area (Å²) in [5.41, 5.74) is 2.60. The maximum Gasteiger partial charge on any atom is 0.251 e. The monoisotopic (exact) mass is 414 g/mol. The average molecular weight is 415 g/mol. The van der Waals surface area contributed by atoms with Crippen LogP contribution in [-0.2, 0) is 17.9 Å². The number of carbonyl (C=O) groups is 2. The van der Waals surface area contributed by atoms with Crippen molar-refractivity contribution in [3.05, 3.63) is 71.0 Å². The molecule has 2 rings (SSSR count). The minimum absolute atomic E-state index is 0.0891. The van der Waals surface area contributed by atoms with E-state index in [9.17, 15) is 14.0 Å². The molecule has 0 bridgehead atoms. The van der Waals surface area contributed by atoms with Gasteiger partial charge in [-0.05, 0) is 49.6 Å². The standard InChI is InChI=1S/C24H32FN3O2/c1-5-28(6-2)16-19-9-7-18(8-10-19)15-26-24(30)22(17(3)4)27-23(29)20-11-13-21(25)14-12-20/h7-14,17,22H,5-6,15-16H2,1-4H3,(H,26,30)(H,27,29)/p+1/t22-/m0/s1. The molecule has 0 fully saturated rings. The van der Waals surface area contributed by atoms with E-state index < -0.39 is 17.8 Å². The molecule has 0 aromatic heterocycles. The average Bonchev–Trinajstić information content (AvgIpc) is 2.75. The van der Waals surface area contributed by atoms with Crippen LogP contribution in [0.4, 0.5) is 4.39 Å². The van der Waals surface area contributed by atoms with Crippen LogP contribution in [0.15, 0.2) is 48.5 Å². The predicted molar refractivity (Wildman–Crippen MR) is 117 cm³/mol. The number of halogens is 1. The van der Waals surface area contributed by atoms with Crippen molar-refractivity contribution in [1.29, 1.82) is 0 Å². The summed E-state index contributed by atoms with van der Waals surface area (Å²) in [6.45, 7) is 11.7. The lowest BCUT2D eigenvalue weighted by Crippen LogP contribution is -3.10. The molecule has 30 heavy (non-hydrogen) atoms. The highest BCUT2D eigenvalue weighted by molar-refractivity contribution is 5.97. The van der Waals surface area contributed by atoms with Crippen LogP contribution in [0, 0.1) is 11.7 Å². The fraction of sp³-hybridized carbons (Fsp3) is 0.417. The molecule has 0 unspecified atom stereocenters. The van der Waals surface area contributed by atoms with E-state index in [1.165, 1.54) is 34.7 Å². The molecular weight excluding hydrogens is 381 g/mol. The number of hydrogen-bond acceptors (Lipinski definition) is 2. The third-order valence-electron chi connectivity index (χ3n) is 5.29. The molecule has 1 atom stereocenters. The van der Waals surface area contributed by atoms with Crippen LogP contribution in [0.2, 0.25) is 0 Å². The number of quaternary nitrogens is 1. The molecule has 5 nitrogen and oxygen atoms in total. The predicted octanol–water partition coefficient (Wildman–Crippen LogP) is 2.32. The Labute approximate surface area is 178 Å². The van der Waals surface area contributed by atoms with Gasteiger partial charge in [-0.1, -0.05) is 38.1 Å². The van der Waals surface area contributed by atoms with Crippen molar-refractivity contribution in [2.24, 2.45) is 5.92 Å². The van der Waals surface area contributed by atoms with Crippen LogP contribution >= 0.6 is 0 Å². The van der Waals surface area contributed by atoms with Crippen molar-refractivity contribution in [2.75, 3.05) is 13.1 Å². The minimum atomic E-state index is -0.673. The lowest BCUT2D eigenvalue weighted by atomic mass is 10.0. The highest BCUT2D eigenvalue weighted by Gasteiger charge is 2.24. The Hall–Kier alpha value is -2.73. The van der Waals surface area contributed by atoms with Gasteiger partial charge < -0.3 is 15.5 Å². The molecule has 0 radical (unpaired) electrons. The minimum Gasteiger partial charge on any atom is -0.350 e. The summed E-state index contributed by atoms with van der Waals surface area (Å²) >= 11 is 0. The number of benzene rings is 2. The highest BCUT2D eigenvalue weighted by Crippen LogP contribution is 2.08. The molecule has 0 spiro atoms. The van der Waals surface area contributed by atoms with Crippen LogP contribution in [-0.4, -0.2) is 30.9 Å². The van der Waals surface area contributed by atoms with Crippen molar-refractivity contribution < 1.29 is 18.9 Å². The number of nitrogens with one attached hydrogen (secondary N) is 3. The molecule has 0 aliphatic heterocycles. The highest BCUT2D eigenvalue weighted by atomic mass is 19.1. The Morgan fingerprint density at radius 1 is 0.933 bits per heavy atom. The van der Waals surface area contributed by atoms with Gasteiger partial charge >= 0.3 is 0 Å². The van der Waals surface area contributed by atoms with Crippen LogP contribution in [0.1, 0.15) is 49.2 Å². The van der Waals surface area contributed by atoms with Crippen molar-refractivity contribution in [3.8, 4) is 0 Å². The molecule has 2 aromatic rings. The summed E-state index contributed by atoms with van der Waals surface area (Å²) in [7, 11) is 0. The van der Waals surface area contributed by atoms with E-state index in [1.807, 2.05) is 26.0 Å². The first kappa shape index (κ1) is 23.5. The topological polar surface area (TPSA) is 62.6 Å². The van der Waals surface area contributed by atoms with Crippen molar-refractivity contribution >= 4 is 11.8 Å². The number of rotatable bonds is 10. The molecule has 2 aromatic carbocycles. The van der Waals surface area contributed by atoms with E-state index in [2.05, 4.69) is 36.6 Å². The Morgan fingerprint density at radius 3 is 2.03 bits per heavy atom. The van der Waals surface area contributed by atoms with Crippen molar-refractivity contribution in [3.63, 3.8) is 0 Å². The first-order valence-corrected chi connectivity index (χ1v) is 10.6. The summed E-state index contributed by atoms with van der Waals surface area (Å²) in [5.74, 6) is -1.13. The molecule has 0 saturated heterocycles. The zero-order valence-electron chi connectivity index (χ0n) is 18.3. The van der Waals surface area contributed by atoms with Gasteiger partial charge in [0.05, 0.1) is 13.1 Å². The molecule has 6 heteroatoms. The maximum atomic E-state index is 13.1. The lowest BCUT2D eigenvalue weighted by Gasteiger charge is -2.22. The van der Waals surface area contributed by atoms with Gasteiger partial charge in [-0.25, -0.2) is 4.39 Å². The quantitative estimate of drug-likeness (QED) is 0.559. The molecule has 0 aliphatic rings. The Morgan fingerprint density at radius 2 is 1.50 bits per heavy atom. The van der Waals surface area contributed by atoms with E-state index in [-0.39, 0.29) is 11.8 Å². The van der Waals surface area contributed by atoms with Gasteiger partial charge in [0.15, 0.2) is 0 Å². The summed E-state index contributed by atoms with van der Waals surface area (Å²) in [6.07, 6.45) is 0. The van der Waals surface area contributed by atoms with E-state index in [0.717, 1.165) is 25.2 Å². The summed E-state index contributed by atoms with van der Waals surface area (Å²) in [6, 6.07) is 12.8. The van der Waals surface area contributed by atoms with Gasteiger partial charge in [-0.2, -0.15) is 0 Å². The molecule has 0 heterocycles. The van der Waals surface area contributed by atoms with E-state index in [4.69, 9.17) is 0 Å². The fourth-order valence-electron chi connectivity index (χ4n) is 3.22. The summed E-state index contributed by atoms with van der Waals surface area (Å²) in [5, 5.41) is 5.67. The lowest BCUT2D eigenvalue weighted by molar-refractivity contribution is -0.910. The Balaban J connectivity index is 1.93. The zero-order valence-corrected chi connectivity index (χ0v) is 18.3. The second kappa shape index (κ2) is 11.5.